The number of methoxy groups -OCH3 is 1. The zero-order valence-corrected chi connectivity index (χ0v) is 14.1. The minimum Gasteiger partial charge on any atom is -0.494 e. The topological polar surface area (TPSA) is 97.1 Å². The van der Waals surface area contributed by atoms with Crippen molar-refractivity contribution in [3.05, 3.63) is 65.0 Å². The van der Waals surface area contributed by atoms with E-state index in [9.17, 15) is 19.5 Å². The first kappa shape index (κ1) is 17.2. The molecule has 2 heterocycles. The fraction of sp³-hybridized carbons (Fsp3) is 0.105. The number of rotatable bonds is 6. The van der Waals surface area contributed by atoms with Crippen LogP contribution in [-0.4, -0.2) is 34.8 Å². The maximum atomic E-state index is 13.1. The molecule has 2 N–H and O–H groups in total. The lowest BCUT2D eigenvalue weighted by atomic mass is 10.0. The van der Waals surface area contributed by atoms with Gasteiger partial charge in [-0.05, 0) is 37.3 Å². The minimum atomic E-state index is -1.24. The first-order chi connectivity index (χ1) is 12.5. The number of amides is 1. The normalized spacial score (nSPS) is 10.5. The first-order valence-electron chi connectivity index (χ1n) is 7.75. The van der Waals surface area contributed by atoms with Crippen LogP contribution in [0.2, 0.25) is 0 Å². The third kappa shape index (κ3) is 2.69. The van der Waals surface area contributed by atoms with Gasteiger partial charge in [-0.25, -0.2) is 4.79 Å². The molecule has 0 bridgehead atoms. The monoisotopic (exact) mass is 352 g/mol. The highest BCUT2D eigenvalue weighted by Gasteiger charge is 2.23. The molecule has 7 nitrogen and oxygen atoms in total. The number of hydrogen-bond donors (Lipinski definition) is 2. The van der Waals surface area contributed by atoms with Crippen molar-refractivity contribution in [3.63, 3.8) is 0 Å². The molecule has 1 aromatic carbocycles. The summed E-state index contributed by atoms with van der Waals surface area (Å²) in [5.41, 5.74) is 1.97. The van der Waals surface area contributed by atoms with E-state index in [-0.39, 0.29) is 22.6 Å². The van der Waals surface area contributed by atoms with Crippen LogP contribution in [0.15, 0.2) is 42.6 Å². The van der Waals surface area contributed by atoms with E-state index in [1.165, 1.54) is 25.3 Å². The summed E-state index contributed by atoms with van der Waals surface area (Å²) in [6.45, 7) is 1.78. The number of benzene rings is 1. The number of ketones is 1. The number of carbonyl (C=O) groups excluding carboxylic acids is 2. The fourth-order valence-electron chi connectivity index (χ4n) is 3.03. The Hall–Kier alpha value is -3.61. The number of pyridine rings is 1. The summed E-state index contributed by atoms with van der Waals surface area (Å²) in [5, 5.41) is 11.7. The summed E-state index contributed by atoms with van der Waals surface area (Å²) < 4.78 is 7.14. The van der Waals surface area contributed by atoms with Gasteiger partial charge in [0.25, 0.3) is 0 Å². The Bertz CT molecular complexity index is 1040. The molecule has 0 fully saturated rings. The largest absolute Gasteiger partial charge is 0.494 e. The zero-order valence-electron chi connectivity index (χ0n) is 14.1. The Morgan fingerprint density at radius 2 is 2.00 bits per heavy atom. The molecule has 0 aliphatic carbocycles. The van der Waals surface area contributed by atoms with Gasteiger partial charge in [-0.1, -0.05) is 6.07 Å². The third-order valence-electron chi connectivity index (χ3n) is 4.18. The molecule has 1 amide bonds. The predicted octanol–water partition coefficient (Wildman–Crippen LogP) is 2.75. The Balaban J connectivity index is 2.18. The second-order valence-electron chi connectivity index (χ2n) is 5.62. The van der Waals surface area contributed by atoms with Crippen LogP contribution in [0.1, 0.15) is 32.0 Å². The highest BCUT2D eigenvalue weighted by Crippen LogP contribution is 2.32. The van der Waals surface area contributed by atoms with Crippen molar-refractivity contribution >= 4 is 29.4 Å². The van der Waals surface area contributed by atoms with Crippen LogP contribution in [0.4, 0.5) is 5.69 Å². The number of carbonyl (C=O) groups is 3. The number of nitrogens with one attached hydrogen (secondary N) is 1. The Morgan fingerprint density at radius 3 is 2.65 bits per heavy atom. The van der Waals surface area contributed by atoms with Crippen molar-refractivity contribution in [2.75, 3.05) is 12.4 Å². The Morgan fingerprint density at radius 1 is 1.23 bits per heavy atom. The van der Waals surface area contributed by atoms with Crippen molar-refractivity contribution in [1.29, 1.82) is 0 Å². The van der Waals surface area contributed by atoms with Crippen LogP contribution < -0.4 is 10.1 Å². The van der Waals surface area contributed by atoms with Crippen LogP contribution >= 0.6 is 0 Å². The van der Waals surface area contributed by atoms with Gasteiger partial charge in [0.2, 0.25) is 12.2 Å². The average Bonchev–Trinajstić information content (AvgIpc) is 2.92. The number of carboxylic acid groups (broad SMARTS) is 1. The summed E-state index contributed by atoms with van der Waals surface area (Å²) in [7, 11) is 1.53. The van der Waals surface area contributed by atoms with Crippen molar-refractivity contribution in [1.82, 2.24) is 4.40 Å². The average molecular weight is 352 g/mol. The van der Waals surface area contributed by atoms with Crippen LogP contribution in [0.3, 0.4) is 0 Å². The second kappa shape index (κ2) is 6.72. The van der Waals surface area contributed by atoms with Gasteiger partial charge >= 0.3 is 5.97 Å². The molecular formula is C19H16N2O5. The third-order valence-corrected chi connectivity index (χ3v) is 4.18. The lowest BCUT2D eigenvalue weighted by Crippen LogP contribution is -2.10. The first-order valence-corrected chi connectivity index (χ1v) is 7.75. The van der Waals surface area contributed by atoms with E-state index < -0.39 is 5.97 Å². The SMILES string of the molecule is COc1c(C)c(C(=O)c2ccc(NC=O)c(C(=O)O)c2)n2ccccc12. The lowest BCUT2D eigenvalue weighted by Gasteiger charge is -2.08. The standard InChI is InChI=1S/C19H16N2O5/c1-11-16(21-8-4-3-5-15(21)18(11)26-2)17(23)12-6-7-14(20-10-22)13(9-12)19(24)25/h3-10H,1-2H3,(H,20,22)(H,24,25). The Labute approximate surface area is 148 Å². The smallest absolute Gasteiger partial charge is 0.337 e. The Kier molecular flexibility index (Phi) is 4.45. The van der Waals surface area contributed by atoms with Gasteiger partial charge in [-0.3, -0.25) is 9.59 Å². The highest BCUT2D eigenvalue weighted by atomic mass is 16.5. The van der Waals surface area contributed by atoms with E-state index in [1.54, 1.807) is 23.6 Å². The molecule has 2 aromatic heterocycles. The number of fused-ring (bicyclic) bond motifs is 1. The number of carboxylic acids is 1. The summed E-state index contributed by atoms with van der Waals surface area (Å²) in [6.07, 6.45) is 2.14. The van der Waals surface area contributed by atoms with Gasteiger partial charge in [-0.15, -0.1) is 0 Å². The van der Waals surface area contributed by atoms with Crippen molar-refractivity contribution in [3.8, 4) is 5.75 Å². The number of aromatic nitrogens is 1. The molecule has 26 heavy (non-hydrogen) atoms. The molecule has 0 saturated carbocycles. The highest BCUT2D eigenvalue weighted by molar-refractivity contribution is 6.12. The predicted molar refractivity (Wildman–Crippen MR) is 95.2 cm³/mol. The molecule has 7 heteroatoms. The van der Waals surface area contributed by atoms with E-state index in [4.69, 9.17) is 4.74 Å². The van der Waals surface area contributed by atoms with E-state index in [0.717, 1.165) is 5.52 Å². The van der Waals surface area contributed by atoms with Crippen molar-refractivity contribution in [2.45, 2.75) is 6.92 Å². The van der Waals surface area contributed by atoms with Gasteiger partial charge in [0.1, 0.15) is 11.4 Å². The molecule has 0 aliphatic heterocycles. The van der Waals surface area contributed by atoms with Gasteiger partial charge in [0, 0.05) is 17.3 Å². The molecule has 0 aliphatic rings. The zero-order chi connectivity index (χ0) is 18.8. The summed E-state index contributed by atoms with van der Waals surface area (Å²) in [4.78, 5) is 35.2. The quantitative estimate of drug-likeness (QED) is 0.525. The number of nitrogens with zero attached hydrogens (tertiary/aromatic N) is 1. The maximum Gasteiger partial charge on any atom is 0.337 e. The molecule has 3 aromatic rings. The maximum absolute atomic E-state index is 13.1. The summed E-state index contributed by atoms with van der Waals surface area (Å²) in [6, 6.07) is 9.60. The van der Waals surface area contributed by atoms with Gasteiger partial charge < -0.3 is 19.6 Å². The number of hydrogen-bond acceptors (Lipinski definition) is 4. The molecule has 132 valence electrons. The second-order valence-corrected chi connectivity index (χ2v) is 5.62. The van der Waals surface area contributed by atoms with Crippen LogP contribution in [0.5, 0.6) is 5.75 Å². The summed E-state index contributed by atoms with van der Waals surface area (Å²) in [5.74, 6) is -0.989. The van der Waals surface area contributed by atoms with Gasteiger partial charge in [0.15, 0.2) is 0 Å². The number of aromatic carboxylic acids is 1. The van der Waals surface area contributed by atoms with Crippen molar-refractivity contribution in [2.24, 2.45) is 0 Å². The van der Waals surface area contributed by atoms with Gasteiger partial charge in [0.05, 0.1) is 23.9 Å². The van der Waals surface area contributed by atoms with Crippen LogP contribution in [-0.2, 0) is 4.79 Å². The van der Waals surface area contributed by atoms with Crippen molar-refractivity contribution < 1.29 is 24.2 Å². The van der Waals surface area contributed by atoms with E-state index in [0.29, 0.717) is 23.4 Å². The van der Waals surface area contributed by atoms with E-state index in [1.807, 2.05) is 12.1 Å². The fourth-order valence-corrected chi connectivity index (χ4v) is 3.03. The molecule has 0 spiro atoms. The molecular weight excluding hydrogens is 336 g/mol. The lowest BCUT2D eigenvalue weighted by molar-refractivity contribution is -0.105. The molecule has 3 rings (SSSR count). The molecule has 0 radical (unpaired) electrons. The molecule has 0 unspecified atom stereocenters. The number of anilines is 1. The summed E-state index contributed by atoms with van der Waals surface area (Å²) >= 11 is 0. The molecule has 0 atom stereocenters. The van der Waals surface area contributed by atoms with Gasteiger partial charge in [-0.2, -0.15) is 0 Å². The molecule has 0 saturated heterocycles. The minimum absolute atomic E-state index is 0.123. The number of ether oxygens (including phenoxy) is 1. The van der Waals surface area contributed by atoms with E-state index in [2.05, 4.69) is 5.32 Å². The van der Waals surface area contributed by atoms with Crippen LogP contribution in [0.25, 0.3) is 5.52 Å². The van der Waals surface area contributed by atoms with Crippen LogP contribution in [0, 0.1) is 6.92 Å². The van der Waals surface area contributed by atoms with E-state index >= 15 is 0 Å².